The number of methoxy groups -OCH3 is 2. The molecule has 0 bridgehead atoms. The molecule has 1 aromatic carbocycles. The van der Waals surface area contributed by atoms with Gasteiger partial charge in [0, 0.05) is 5.56 Å². The molecule has 0 spiro atoms. The SMILES string of the molecule is COc1c(C)cc(-c2cc(C(=O)O)[nH]n2)c(OC)c1Br. The van der Waals surface area contributed by atoms with Gasteiger partial charge in [-0.15, -0.1) is 0 Å². The maximum atomic E-state index is 10.9. The van der Waals surface area contributed by atoms with E-state index in [1.807, 2.05) is 13.0 Å². The van der Waals surface area contributed by atoms with Crippen LogP contribution in [0.15, 0.2) is 16.6 Å². The highest BCUT2D eigenvalue weighted by Crippen LogP contribution is 2.43. The van der Waals surface area contributed by atoms with E-state index >= 15 is 0 Å². The Morgan fingerprint density at radius 1 is 1.30 bits per heavy atom. The average molecular weight is 341 g/mol. The molecule has 0 unspecified atom stereocenters. The summed E-state index contributed by atoms with van der Waals surface area (Å²) in [6.07, 6.45) is 0. The number of hydrogen-bond acceptors (Lipinski definition) is 4. The van der Waals surface area contributed by atoms with E-state index in [0.29, 0.717) is 27.2 Å². The van der Waals surface area contributed by atoms with Crippen molar-refractivity contribution in [2.24, 2.45) is 0 Å². The highest BCUT2D eigenvalue weighted by molar-refractivity contribution is 9.10. The van der Waals surface area contributed by atoms with Crippen molar-refractivity contribution in [1.82, 2.24) is 10.2 Å². The first-order chi connectivity index (χ1) is 9.49. The van der Waals surface area contributed by atoms with Crippen LogP contribution in [0, 0.1) is 6.92 Å². The van der Waals surface area contributed by atoms with Gasteiger partial charge in [-0.05, 0) is 40.5 Å². The summed E-state index contributed by atoms with van der Waals surface area (Å²) in [6, 6.07) is 3.29. The fourth-order valence-electron chi connectivity index (χ4n) is 1.95. The molecule has 0 radical (unpaired) electrons. The lowest BCUT2D eigenvalue weighted by Gasteiger charge is -2.14. The lowest BCUT2D eigenvalue weighted by atomic mass is 10.1. The maximum Gasteiger partial charge on any atom is 0.353 e. The summed E-state index contributed by atoms with van der Waals surface area (Å²) in [4.78, 5) is 10.9. The molecule has 106 valence electrons. The summed E-state index contributed by atoms with van der Waals surface area (Å²) in [7, 11) is 3.10. The van der Waals surface area contributed by atoms with Crippen LogP contribution in [-0.4, -0.2) is 35.5 Å². The monoisotopic (exact) mass is 340 g/mol. The number of carboxylic acids is 1. The summed E-state index contributed by atoms with van der Waals surface area (Å²) >= 11 is 3.43. The fraction of sp³-hybridized carbons (Fsp3) is 0.231. The van der Waals surface area contributed by atoms with Crippen LogP contribution in [0.2, 0.25) is 0 Å². The van der Waals surface area contributed by atoms with E-state index in [9.17, 15) is 4.79 Å². The summed E-state index contributed by atoms with van der Waals surface area (Å²) < 4.78 is 11.3. The number of aromatic nitrogens is 2. The van der Waals surface area contributed by atoms with Gasteiger partial charge in [-0.3, -0.25) is 5.10 Å². The maximum absolute atomic E-state index is 10.9. The van der Waals surface area contributed by atoms with Gasteiger partial charge in [0.05, 0.1) is 19.9 Å². The number of H-pyrrole nitrogens is 1. The van der Waals surface area contributed by atoms with Crippen LogP contribution in [0.1, 0.15) is 16.1 Å². The van der Waals surface area contributed by atoms with Gasteiger partial charge in [0.15, 0.2) is 0 Å². The van der Waals surface area contributed by atoms with Gasteiger partial charge in [-0.25, -0.2) is 4.79 Å². The Kier molecular flexibility index (Phi) is 3.99. The smallest absolute Gasteiger partial charge is 0.353 e. The molecule has 0 atom stereocenters. The van der Waals surface area contributed by atoms with Crippen LogP contribution in [0.4, 0.5) is 0 Å². The second-order valence-electron chi connectivity index (χ2n) is 4.09. The number of ether oxygens (including phenoxy) is 2. The molecule has 0 aliphatic heterocycles. The molecule has 0 aliphatic carbocycles. The first kappa shape index (κ1) is 14.4. The molecule has 2 aromatic rings. The topological polar surface area (TPSA) is 84.4 Å². The van der Waals surface area contributed by atoms with E-state index < -0.39 is 5.97 Å². The molecule has 1 aromatic heterocycles. The minimum Gasteiger partial charge on any atom is -0.495 e. The van der Waals surface area contributed by atoms with Gasteiger partial charge in [0.25, 0.3) is 0 Å². The number of aromatic carboxylic acids is 1. The summed E-state index contributed by atoms with van der Waals surface area (Å²) in [5, 5.41) is 15.4. The van der Waals surface area contributed by atoms with E-state index in [-0.39, 0.29) is 5.69 Å². The van der Waals surface area contributed by atoms with E-state index in [0.717, 1.165) is 5.56 Å². The van der Waals surface area contributed by atoms with Crippen molar-refractivity contribution in [3.63, 3.8) is 0 Å². The van der Waals surface area contributed by atoms with Crippen molar-refractivity contribution in [1.29, 1.82) is 0 Å². The molecule has 0 amide bonds. The zero-order valence-corrected chi connectivity index (χ0v) is 12.7. The lowest BCUT2D eigenvalue weighted by Crippen LogP contribution is -1.96. The predicted molar refractivity (Wildman–Crippen MR) is 76.5 cm³/mol. The number of carbonyl (C=O) groups is 1. The molecule has 7 heteroatoms. The predicted octanol–water partition coefficient (Wildman–Crippen LogP) is 2.86. The number of rotatable bonds is 4. The third-order valence-electron chi connectivity index (χ3n) is 2.85. The average Bonchev–Trinajstić information content (AvgIpc) is 2.88. The van der Waals surface area contributed by atoms with Gasteiger partial charge in [0.1, 0.15) is 21.7 Å². The van der Waals surface area contributed by atoms with E-state index in [2.05, 4.69) is 26.1 Å². The van der Waals surface area contributed by atoms with Gasteiger partial charge < -0.3 is 14.6 Å². The van der Waals surface area contributed by atoms with Crippen molar-refractivity contribution >= 4 is 21.9 Å². The van der Waals surface area contributed by atoms with Crippen LogP contribution in [-0.2, 0) is 0 Å². The van der Waals surface area contributed by atoms with Crippen LogP contribution in [0.3, 0.4) is 0 Å². The molecule has 2 rings (SSSR count). The first-order valence-electron chi connectivity index (χ1n) is 5.69. The molecule has 2 N–H and O–H groups in total. The van der Waals surface area contributed by atoms with Gasteiger partial charge in [-0.2, -0.15) is 5.10 Å². The highest BCUT2D eigenvalue weighted by Gasteiger charge is 2.19. The Morgan fingerprint density at radius 2 is 1.95 bits per heavy atom. The van der Waals surface area contributed by atoms with Crippen LogP contribution in [0.25, 0.3) is 11.3 Å². The van der Waals surface area contributed by atoms with Crippen molar-refractivity contribution in [2.45, 2.75) is 6.92 Å². The number of halogens is 1. The van der Waals surface area contributed by atoms with Crippen molar-refractivity contribution in [2.75, 3.05) is 14.2 Å². The molecular formula is C13H13BrN2O4. The molecule has 0 aliphatic rings. The third-order valence-corrected chi connectivity index (χ3v) is 3.58. The Bertz CT molecular complexity index is 667. The molecule has 0 saturated carbocycles. The summed E-state index contributed by atoms with van der Waals surface area (Å²) in [5.74, 6) is 0.141. The minimum atomic E-state index is -1.06. The quantitative estimate of drug-likeness (QED) is 0.893. The normalized spacial score (nSPS) is 10.4. The van der Waals surface area contributed by atoms with Crippen molar-refractivity contribution in [3.05, 3.63) is 27.9 Å². The van der Waals surface area contributed by atoms with Crippen LogP contribution >= 0.6 is 15.9 Å². The van der Waals surface area contributed by atoms with Crippen LogP contribution < -0.4 is 9.47 Å². The Balaban J connectivity index is 2.63. The fourth-order valence-corrected chi connectivity index (χ4v) is 2.80. The number of nitrogens with zero attached hydrogens (tertiary/aromatic N) is 1. The zero-order chi connectivity index (χ0) is 14.9. The molecule has 1 heterocycles. The number of benzene rings is 1. The lowest BCUT2D eigenvalue weighted by molar-refractivity contribution is 0.0690. The first-order valence-corrected chi connectivity index (χ1v) is 6.49. The van der Waals surface area contributed by atoms with Crippen molar-refractivity contribution < 1.29 is 19.4 Å². The van der Waals surface area contributed by atoms with Crippen molar-refractivity contribution in [3.8, 4) is 22.8 Å². The molecule has 6 nitrogen and oxygen atoms in total. The van der Waals surface area contributed by atoms with Crippen LogP contribution in [0.5, 0.6) is 11.5 Å². The number of aromatic amines is 1. The van der Waals surface area contributed by atoms with E-state index in [4.69, 9.17) is 14.6 Å². The second-order valence-corrected chi connectivity index (χ2v) is 4.89. The molecular weight excluding hydrogens is 328 g/mol. The number of hydrogen-bond donors (Lipinski definition) is 2. The highest BCUT2D eigenvalue weighted by atomic mass is 79.9. The molecule has 20 heavy (non-hydrogen) atoms. The van der Waals surface area contributed by atoms with Gasteiger partial charge in [-0.1, -0.05) is 0 Å². The Labute approximate surface area is 123 Å². The number of aryl methyl sites for hydroxylation is 1. The molecule has 0 fully saturated rings. The van der Waals surface area contributed by atoms with E-state index in [1.54, 1.807) is 7.11 Å². The summed E-state index contributed by atoms with van der Waals surface area (Å²) in [6.45, 7) is 1.89. The van der Waals surface area contributed by atoms with E-state index in [1.165, 1.54) is 13.2 Å². The van der Waals surface area contributed by atoms with Gasteiger partial charge >= 0.3 is 5.97 Å². The minimum absolute atomic E-state index is 0.0200. The number of nitrogens with one attached hydrogen (secondary N) is 1. The number of carboxylic acid groups (broad SMARTS) is 1. The Hall–Kier alpha value is -2.02. The molecule has 0 saturated heterocycles. The largest absolute Gasteiger partial charge is 0.495 e. The van der Waals surface area contributed by atoms with Gasteiger partial charge in [0.2, 0.25) is 0 Å². The summed E-state index contributed by atoms with van der Waals surface area (Å²) in [5.41, 5.74) is 2.08. The standard InChI is InChI=1S/C13H13BrN2O4/c1-6-4-7(8-5-9(13(17)18)16-15-8)12(20-3)10(14)11(6)19-2/h4-5H,1-3H3,(H,15,16)(H,17,18). The Morgan fingerprint density at radius 3 is 2.45 bits per heavy atom. The zero-order valence-electron chi connectivity index (χ0n) is 11.2. The second kappa shape index (κ2) is 5.54. The third kappa shape index (κ3) is 2.36.